The van der Waals surface area contributed by atoms with Crippen molar-refractivity contribution in [1.82, 2.24) is 0 Å². The van der Waals surface area contributed by atoms with Crippen molar-refractivity contribution < 1.29 is 0 Å². The number of fused-ring (bicyclic) bond motifs is 1. The normalized spacial score (nSPS) is 59.9. The van der Waals surface area contributed by atoms with Crippen molar-refractivity contribution in [3.63, 3.8) is 0 Å². The fraction of sp³-hybridized carbons (Fsp3) is 0.846. The maximum atomic E-state index is 2.75. The van der Waals surface area contributed by atoms with Crippen molar-refractivity contribution >= 4 is 0 Å². The van der Waals surface area contributed by atoms with Crippen molar-refractivity contribution in [1.29, 1.82) is 0 Å². The third-order valence-corrected chi connectivity index (χ3v) is 10.3. The number of hydrogen-bond acceptors (Lipinski definition) is 0. The molecule has 0 heteroatoms. The zero-order chi connectivity index (χ0) is 17.5. The first-order chi connectivity index (χ1) is 12.6. The van der Waals surface area contributed by atoms with Gasteiger partial charge < -0.3 is 0 Å². The van der Waals surface area contributed by atoms with E-state index in [4.69, 9.17) is 0 Å². The van der Waals surface area contributed by atoms with Gasteiger partial charge in [0.2, 0.25) is 0 Å². The van der Waals surface area contributed by atoms with Gasteiger partial charge in [-0.1, -0.05) is 24.3 Å². The molecule has 0 N–H and O–H groups in total. The van der Waals surface area contributed by atoms with Crippen LogP contribution < -0.4 is 0 Å². The molecular formula is C26H38. The molecule has 6 atom stereocenters. The van der Waals surface area contributed by atoms with Crippen molar-refractivity contribution in [3.8, 4) is 0 Å². The number of rotatable bonds is 3. The Kier molecular flexibility index (Phi) is 3.48. The summed E-state index contributed by atoms with van der Waals surface area (Å²) in [5, 5.41) is 0. The highest BCUT2D eigenvalue weighted by molar-refractivity contribution is 5.22. The van der Waals surface area contributed by atoms with Crippen LogP contribution in [0.2, 0.25) is 0 Å². The molecule has 0 spiro atoms. The van der Waals surface area contributed by atoms with Crippen molar-refractivity contribution in [2.75, 3.05) is 0 Å². The second kappa shape index (κ2) is 5.51. The van der Waals surface area contributed by atoms with Gasteiger partial charge in [-0.05, 0) is 136 Å². The summed E-state index contributed by atoms with van der Waals surface area (Å²) in [4.78, 5) is 0. The lowest BCUT2D eigenvalue weighted by Crippen LogP contribution is -2.62. The second-order valence-electron chi connectivity index (χ2n) is 11.7. The molecule has 8 fully saturated rings. The van der Waals surface area contributed by atoms with Crippen LogP contribution in [0, 0.1) is 58.2 Å². The minimum absolute atomic E-state index is 0.581. The molecule has 6 unspecified atom stereocenters. The van der Waals surface area contributed by atoms with Gasteiger partial charge in [0.1, 0.15) is 0 Å². The van der Waals surface area contributed by atoms with Gasteiger partial charge in [0.05, 0.1) is 0 Å². The SMILES string of the molecule is C/C=C\C12CC3CC(CC(C3)C1C1C3CC4CC(C3)CC1(/C=C\C)C4)C2. The summed E-state index contributed by atoms with van der Waals surface area (Å²) in [7, 11) is 0. The van der Waals surface area contributed by atoms with E-state index in [1.807, 2.05) is 0 Å². The maximum absolute atomic E-state index is 2.75. The molecule has 0 heterocycles. The Bertz CT molecular complexity index is 554. The molecule has 8 rings (SSSR count). The number of allylic oxidation sites excluding steroid dienone is 4. The summed E-state index contributed by atoms with van der Waals surface area (Å²) in [5.41, 5.74) is 1.16. The van der Waals surface area contributed by atoms with Gasteiger partial charge in [-0.25, -0.2) is 0 Å². The molecular weight excluding hydrogens is 312 g/mol. The molecule has 8 aliphatic rings. The van der Waals surface area contributed by atoms with Gasteiger partial charge >= 0.3 is 0 Å². The lowest BCUT2D eigenvalue weighted by atomic mass is 9.35. The molecule has 8 bridgehead atoms. The van der Waals surface area contributed by atoms with Crippen LogP contribution in [-0.2, 0) is 0 Å². The predicted octanol–water partition coefficient (Wildman–Crippen LogP) is 7.02. The maximum Gasteiger partial charge on any atom is -0.00791 e. The minimum Gasteiger partial charge on any atom is -0.0911 e. The van der Waals surface area contributed by atoms with Gasteiger partial charge in [0.25, 0.3) is 0 Å². The Morgan fingerprint density at radius 1 is 0.538 bits per heavy atom. The average molecular weight is 351 g/mol. The first-order valence-corrected chi connectivity index (χ1v) is 11.9. The molecule has 0 radical (unpaired) electrons. The first kappa shape index (κ1) is 16.4. The van der Waals surface area contributed by atoms with Crippen LogP contribution in [0.25, 0.3) is 0 Å². The van der Waals surface area contributed by atoms with Gasteiger partial charge in [-0.15, -0.1) is 0 Å². The Hall–Kier alpha value is -0.520. The fourth-order valence-corrected chi connectivity index (χ4v) is 10.7. The van der Waals surface area contributed by atoms with Crippen LogP contribution in [0.5, 0.6) is 0 Å². The third-order valence-electron chi connectivity index (χ3n) is 10.3. The zero-order valence-electron chi connectivity index (χ0n) is 17.0. The first-order valence-electron chi connectivity index (χ1n) is 11.9. The highest BCUT2D eigenvalue weighted by Crippen LogP contribution is 2.73. The Morgan fingerprint density at radius 3 is 1.19 bits per heavy atom. The molecule has 0 saturated heterocycles. The molecule has 0 aromatic rings. The van der Waals surface area contributed by atoms with E-state index in [1.54, 1.807) is 38.5 Å². The summed E-state index contributed by atoms with van der Waals surface area (Å²) >= 11 is 0. The van der Waals surface area contributed by atoms with E-state index in [2.05, 4.69) is 38.2 Å². The van der Waals surface area contributed by atoms with Crippen molar-refractivity contribution in [2.24, 2.45) is 58.2 Å². The summed E-state index contributed by atoms with van der Waals surface area (Å²) in [5.74, 6) is 8.39. The van der Waals surface area contributed by atoms with E-state index in [0.717, 1.165) is 47.3 Å². The number of hydrogen-bond donors (Lipinski definition) is 0. The molecule has 8 saturated carbocycles. The molecule has 0 aromatic heterocycles. The molecule has 26 heavy (non-hydrogen) atoms. The van der Waals surface area contributed by atoms with Crippen LogP contribution in [-0.4, -0.2) is 0 Å². The van der Waals surface area contributed by atoms with Crippen LogP contribution >= 0.6 is 0 Å². The Labute approximate surface area is 160 Å². The third kappa shape index (κ3) is 2.08. The van der Waals surface area contributed by atoms with Crippen LogP contribution in [0.15, 0.2) is 24.3 Å². The highest BCUT2D eigenvalue weighted by Gasteiger charge is 2.65. The smallest absolute Gasteiger partial charge is 0.00791 e. The van der Waals surface area contributed by atoms with E-state index in [0.29, 0.717) is 10.8 Å². The summed E-state index contributed by atoms with van der Waals surface area (Å²) in [6, 6.07) is 0. The van der Waals surface area contributed by atoms with Crippen LogP contribution in [0.1, 0.15) is 78.1 Å². The van der Waals surface area contributed by atoms with Gasteiger partial charge in [-0.2, -0.15) is 0 Å². The Morgan fingerprint density at radius 2 is 0.885 bits per heavy atom. The van der Waals surface area contributed by atoms with Gasteiger partial charge in [0, 0.05) is 0 Å². The topological polar surface area (TPSA) is 0 Å². The van der Waals surface area contributed by atoms with E-state index in [9.17, 15) is 0 Å². The van der Waals surface area contributed by atoms with Crippen LogP contribution in [0.3, 0.4) is 0 Å². The summed E-state index contributed by atoms with van der Waals surface area (Å²) in [6.45, 7) is 4.60. The van der Waals surface area contributed by atoms with E-state index >= 15 is 0 Å². The summed E-state index contributed by atoms with van der Waals surface area (Å²) in [6.07, 6.45) is 26.0. The standard InChI is InChI=1S/C26H38/c1-3-5-25-13-17-7-18(14-25)10-21(9-17)23(25)24-22-11-19-8-20(12-22)16-26(24,15-19)6-4-2/h3-6,17-24H,7-16H2,1-2H3/b5-3-,6-4-. The molecule has 0 amide bonds. The quantitative estimate of drug-likeness (QED) is 0.480. The monoisotopic (exact) mass is 350 g/mol. The lowest BCUT2D eigenvalue weighted by Gasteiger charge is -2.70. The molecule has 0 aliphatic heterocycles. The largest absolute Gasteiger partial charge is 0.0911 e. The van der Waals surface area contributed by atoms with Crippen molar-refractivity contribution in [2.45, 2.75) is 78.1 Å². The fourth-order valence-electron chi connectivity index (χ4n) is 10.7. The molecule has 8 aliphatic carbocycles. The molecule has 142 valence electrons. The predicted molar refractivity (Wildman–Crippen MR) is 109 cm³/mol. The molecule has 0 aromatic carbocycles. The average Bonchev–Trinajstić information content (AvgIpc) is 2.56. The van der Waals surface area contributed by atoms with Gasteiger partial charge in [0.15, 0.2) is 0 Å². The molecule has 0 nitrogen and oxygen atoms in total. The van der Waals surface area contributed by atoms with E-state index in [-0.39, 0.29) is 0 Å². The van der Waals surface area contributed by atoms with Gasteiger partial charge in [-0.3, -0.25) is 0 Å². The highest BCUT2D eigenvalue weighted by atomic mass is 14.7. The minimum atomic E-state index is 0.581. The second-order valence-corrected chi connectivity index (χ2v) is 11.7. The lowest BCUT2D eigenvalue weighted by molar-refractivity contribution is -0.185. The Balaban J connectivity index is 1.46. The van der Waals surface area contributed by atoms with Crippen molar-refractivity contribution in [3.05, 3.63) is 24.3 Å². The van der Waals surface area contributed by atoms with Crippen LogP contribution in [0.4, 0.5) is 0 Å². The van der Waals surface area contributed by atoms with E-state index < -0.39 is 0 Å². The van der Waals surface area contributed by atoms with E-state index in [1.165, 1.54) is 25.7 Å². The summed E-state index contributed by atoms with van der Waals surface area (Å²) < 4.78 is 0. The zero-order valence-corrected chi connectivity index (χ0v) is 17.0.